The number of halogens is 1. The number of aliphatic hydroxyl groups excluding tert-OH is 1. The van der Waals surface area contributed by atoms with E-state index in [0.717, 1.165) is 37.2 Å². The number of aromatic nitrogens is 1. The Kier molecular flexibility index (Phi) is 7.59. The first kappa shape index (κ1) is 18.6. The van der Waals surface area contributed by atoms with Crippen molar-refractivity contribution in [3.8, 4) is 0 Å². The van der Waals surface area contributed by atoms with Crippen molar-refractivity contribution in [2.24, 2.45) is 0 Å². The summed E-state index contributed by atoms with van der Waals surface area (Å²) in [6.45, 7) is 1.02. The number of hydrogen-bond acceptors (Lipinski definition) is 4. The largest absolute Gasteiger partial charge is 0.396 e. The van der Waals surface area contributed by atoms with Gasteiger partial charge < -0.3 is 15.7 Å². The van der Waals surface area contributed by atoms with Crippen LogP contribution in [0.25, 0.3) is 6.08 Å². The van der Waals surface area contributed by atoms with E-state index in [0.29, 0.717) is 5.69 Å². The van der Waals surface area contributed by atoms with E-state index in [1.54, 1.807) is 36.5 Å². The fraction of sp³-hybridized carbons (Fsp3) is 0.263. The van der Waals surface area contributed by atoms with Gasteiger partial charge in [-0.05, 0) is 55.2 Å². The van der Waals surface area contributed by atoms with Gasteiger partial charge in [0.05, 0.1) is 11.9 Å². The molecule has 0 fully saturated rings. The molecule has 0 atom stereocenters. The van der Waals surface area contributed by atoms with Gasteiger partial charge in [-0.3, -0.25) is 4.79 Å². The van der Waals surface area contributed by atoms with E-state index in [1.807, 2.05) is 0 Å². The van der Waals surface area contributed by atoms with Crippen LogP contribution in [0.1, 0.15) is 24.8 Å². The SMILES string of the molecule is O=C(/C=C/c1ccc(F)cc1)Nc1ccc(NCCCCCO)nc1. The van der Waals surface area contributed by atoms with Crippen LogP contribution >= 0.6 is 0 Å². The van der Waals surface area contributed by atoms with E-state index in [4.69, 9.17) is 5.11 Å². The number of hydrogen-bond donors (Lipinski definition) is 3. The molecule has 132 valence electrons. The number of nitrogens with zero attached hydrogens (tertiary/aromatic N) is 1. The number of anilines is 2. The molecule has 5 nitrogen and oxygen atoms in total. The van der Waals surface area contributed by atoms with Crippen LogP contribution in [0.3, 0.4) is 0 Å². The Balaban J connectivity index is 1.78. The van der Waals surface area contributed by atoms with Crippen molar-refractivity contribution in [1.29, 1.82) is 0 Å². The third kappa shape index (κ3) is 7.14. The number of carbonyl (C=O) groups is 1. The van der Waals surface area contributed by atoms with E-state index in [1.165, 1.54) is 18.2 Å². The van der Waals surface area contributed by atoms with Crippen molar-refractivity contribution in [3.05, 3.63) is 60.1 Å². The standard InChI is InChI=1S/C19H22FN3O2/c20-16-7-4-15(5-8-16)6-11-19(25)23-17-9-10-18(22-14-17)21-12-2-1-3-13-24/h4-11,14,24H,1-3,12-13H2,(H,21,22)(H,23,25)/b11-6+. The van der Waals surface area contributed by atoms with Gasteiger partial charge >= 0.3 is 0 Å². The summed E-state index contributed by atoms with van der Waals surface area (Å²) < 4.78 is 12.8. The molecular formula is C19H22FN3O2. The Labute approximate surface area is 146 Å². The fourth-order valence-corrected chi connectivity index (χ4v) is 2.13. The lowest BCUT2D eigenvalue weighted by Gasteiger charge is -2.06. The van der Waals surface area contributed by atoms with Gasteiger partial charge in [-0.25, -0.2) is 9.37 Å². The zero-order chi connectivity index (χ0) is 17.9. The lowest BCUT2D eigenvalue weighted by Crippen LogP contribution is -2.09. The highest BCUT2D eigenvalue weighted by molar-refractivity contribution is 6.01. The lowest BCUT2D eigenvalue weighted by molar-refractivity contribution is -0.111. The van der Waals surface area contributed by atoms with Crippen molar-refractivity contribution in [2.75, 3.05) is 23.8 Å². The van der Waals surface area contributed by atoms with Crippen LogP contribution in [0.15, 0.2) is 48.7 Å². The Morgan fingerprint density at radius 1 is 1.12 bits per heavy atom. The maximum absolute atomic E-state index is 12.8. The van der Waals surface area contributed by atoms with Crippen molar-refractivity contribution in [3.63, 3.8) is 0 Å². The molecular weight excluding hydrogens is 321 g/mol. The number of benzene rings is 1. The van der Waals surface area contributed by atoms with E-state index in [9.17, 15) is 9.18 Å². The first-order valence-electron chi connectivity index (χ1n) is 8.23. The molecule has 6 heteroatoms. The number of rotatable bonds is 9. The summed E-state index contributed by atoms with van der Waals surface area (Å²) in [5, 5.41) is 14.6. The molecule has 25 heavy (non-hydrogen) atoms. The van der Waals surface area contributed by atoms with Gasteiger partial charge in [-0.1, -0.05) is 12.1 Å². The zero-order valence-corrected chi connectivity index (χ0v) is 13.9. The van der Waals surface area contributed by atoms with Crippen LogP contribution in [-0.2, 0) is 4.79 Å². The highest BCUT2D eigenvalue weighted by atomic mass is 19.1. The van der Waals surface area contributed by atoms with E-state index in [2.05, 4.69) is 15.6 Å². The summed E-state index contributed by atoms with van der Waals surface area (Å²) in [4.78, 5) is 16.1. The van der Waals surface area contributed by atoms with Gasteiger partial charge in [-0.15, -0.1) is 0 Å². The highest BCUT2D eigenvalue weighted by Crippen LogP contribution is 2.11. The fourth-order valence-electron chi connectivity index (χ4n) is 2.13. The van der Waals surface area contributed by atoms with Crippen molar-refractivity contribution < 1.29 is 14.3 Å². The quantitative estimate of drug-likeness (QED) is 0.482. The topological polar surface area (TPSA) is 74.2 Å². The average molecular weight is 343 g/mol. The first-order chi connectivity index (χ1) is 12.2. The van der Waals surface area contributed by atoms with Crippen molar-refractivity contribution in [1.82, 2.24) is 4.98 Å². The van der Waals surface area contributed by atoms with Crippen LogP contribution in [0.5, 0.6) is 0 Å². The van der Waals surface area contributed by atoms with Gasteiger partial charge in [0.25, 0.3) is 0 Å². The van der Waals surface area contributed by atoms with Gasteiger partial charge in [0.1, 0.15) is 11.6 Å². The Morgan fingerprint density at radius 2 is 1.92 bits per heavy atom. The molecule has 1 heterocycles. The smallest absolute Gasteiger partial charge is 0.248 e. The number of amides is 1. The second-order valence-electron chi connectivity index (χ2n) is 5.52. The Hall–Kier alpha value is -2.73. The monoisotopic (exact) mass is 343 g/mol. The summed E-state index contributed by atoms with van der Waals surface area (Å²) in [5.74, 6) is 0.148. The minimum Gasteiger partial charge on any atom is -0.396 e. The third-order valence-corrected chi connectivity index (χ3v) is 3.47. The number of pyridine rings is 1. The second kappa shape index (κ2) is 10.2. The summed E-state index contributed by atoms with van der Waals surface area (Å²) in [6.07, 6.45) is 7.34. The van der Waals surface area contributed by atoms with Gasteiger partial charge in [0.2, 0.25) is 5.91 Å². The number of unbranched alkanes of at least 4 members (excludes halogenated alkanes) is 2. The normalized spacial score (nSPS) is 10.8. The molecule has 0 spiro atoms. The molecule has 0 aliphatic heterocycles. The third-order valence-electron chi connectivity index (χ3n) is 3.47. The number of carbonyl (C=O) groups excluding carboxylic acids is 1. The maximum atomic E-state index is 12.8. The summed E-state index contributed by atoms with van der Waals surface area (Å²) in [7, 11) is 0. The zero-order valence-electron chi connectivity index (χ0n) is 13.9. The molecule has 2 rings (SSSR count). The van der Waals surface area contributed by atoms with Crippen molar-refractivity contribution in [2.45, 2.75) is 19.3 Å². The molecule has 1 aromatic carbocycles. The predicted octanol–water partition coefficient (Wildman–Crippen LogP) is 3.45. The maximum Gasteiger partial charge on any atom is 0.248 e. The number of aliphatic hydroxyl groups is 1. The minimum absolute atomic E-state index is 0.224. The Bertz CT molecular complexity index is 685. The van der Waals surface area contributed by atoms with Crippen LogP contribution in [0.2, 0.25) is 0 Å². The molecule has 0 bridgehead atoms. The molecule has 1 aromatic heterocycles. The Morgan fingerprint density at radius 3 is 2.60 bits per heavy atom. The van der Waals surface area contributed by atoms with E-state index in [-0.39, 0.29) is 18.3 Å². The molecule has 3 N–H and O–H groups in total. The van der Waals surface area contributed by atoms with Gasteiger partial charge in [0, 0.05) is 19.2 Å². The van der Waals surface area contributed by atoms with Crippen LogP contribution in [-0.4, -0.2) is 29.1 Å². The van der Waals surface area contributed by atoms with Crippen molar-refractivity contribution >= 4 is 23.5 Å². The molecule has 0 unspecified atom stereocenters. The molecule has 2 aromatic rings. The highest BCUT2D eigenvalue weighted by Gasteiger charge is 2.00. The van der Waals surface area contributed by atoms with Crippen LogP contribution in [0, 0.1) is 5.82 Å². The van der Waals surface area contributed by atoms with Gasteiger partial charge in [0.15, 0.2) is 0 Å². The molecule has 0 aliphatic rings. The summed E-state index contributed by atoms with van der Waals surface area (Å²) in [5.41, 5.74) is 1.34. The van der Waals surface area contributed by atoms with Crippen LogP contribution in [0.4, 0.5) is 15.9 Å². The summed E-state index contributed by atoms with van der Waals surface area (Å²) >= 11 is 0. The molecule has 0 saturated heterocycles. The molecule has 0 saturated carbocycles. The minimum atomic E-state index is -0.310. The average Bonchev–Trinajstić information content (AvgIpc) is 2.62. The first-order valence-corrected chi connectivity index (χ1v) is 8.23. The summed E-state index contributed by atoms with van der Waals surface area (Å²) in [6, 6.07) is 9.45. The van der Waals surface area contributed by atoms with Crippen LogP contribution < -0.4 is 10.6 Å². The predicted molar refractivity (Wildman–Crippen MR) is 97.7 cm³/mol. The molecule has 1 amide bonds. The van der Waals surface area contributed by atoms with E-state index >= 15 is 0 Å². The number of nitrogens with one attached hydrogen (secondary N) is 2. The second-order valence-corrected chi connectivity index (χ2v) is 5.52. The molecule has 0 radical (unpaired) electrons. The lowest BCUT2D eigenvalue weighted by atomic mass is 10.2. The van der Waals surface area contributed by atoms with Gasteiger partial charge in [-0.2, -0.15) is 0 Å². The molecule has 0 aliphatic carbocycles. The van der Waals surface area contributed by atoms with E-state index < -0.39 is 0 Å².